The predicted octanol–water partition coefficient (Wildman–Crippen LogP) is 1.01. The van der Waals surface area contributed by atoms with Gasteiger partial charge in [-0.05, 0) is 12.0 Å². The third-order valence-electron chi connectivity index (χ3n) is 2.02. The van der Waals surface area contributed by atoms with Gasteiger partial charge in [0, 0.05) is 0 Å². The van der Waals surface area contributed by atoms with E-state index in [0.717, 1.165) is 5.56 Å². The number of nitrogens with one attached hydrogen (secondary N) is 1. The minimum Gasteiger partial charge on any atom is -0.558 e. The Morgan fingerprint density at radius 3 is 2.53 bits per heavy atom. The molecule has 2 N–H and O–H groups in total. The Morgan fingerprint density at radius 2 is 2.07 bits per heavy atom. The molecule has 1 unspecified atom stereocenters. The summed E-state index contributed by atoms with van der Waals surface area (Å²) in [6.07, 6.45) is 0.201. The van der Waals surface area contributed by atoms with Crippen LogP contribution in [0.1, 0.15) is 5.56 Å². The number of rotatable bonds is 4. The van der Waals surface area contributed by atoms with Crippen LogP contribution in [0.3, 0.4) is 0 Å². The number of aliphatic carboxylic acids is 1. The maximum Gasteiger partial charge on any atom is 0.375 e. The Kier molecular flexibility index (Phi) is 3.91. The van der Waals surface area contributed by atoms with E-state index < -0.39 is 17.8 Å². The topological polar surface area (TPSA) is 70.4 Å². The average Bonchev–Trinajstić information content (AvgIpc) is 2.26. The van der Waals surface area contributed by atoms with Gasteiger partial charge in [0.1, 0.15) is 5.92 Å². The van der Waals surface area contributed by atoms with Crippen LogP contribution >= 0.6 is 0 Å². The van der Waals surface area contributed by atoms with E-state index in [1.807, 2.05) is 6.07 Å². The summed E-state index contributed by atoms with van der Waals surface area (Å²) >= 11 is 0. The molecule has 0 bridgehead atoms. The zero-order valence-electron chi connectivity index (χ0n) is 8.01. The molecule has 0 fully saturated rings. The van der Waals surface area contributed by atoms with E-state index in [1.54, 1.807) is 24.3 Å². The molecule has 15 heavy (non-hydrogen) atoms. The minimum absolute atomic E-state index is 0.201. The van der Waals surface area contributed by atoms with Crippen LogP contribution < -0.4 is 0 Å². The number of carboxylic acids is 1. The van der Waals surface area contributed by atoms with Crippen molar-refractivity contribution in [3.63, 3.8) is 0 Å². The zero-order chi connectivity index (χ0) is 11.3. The number of carboxylic acid groups (broad SMARTS) is 1. The number of benzene rings is 1. The first-order valence-corrected chi connectivity index (χ1v) is 4.37. The molecule has 0 aliphatic heterocycles. The molecule has 4 nitrogen and oxygen atoms in total. The lowest BCUT2D eigenvalue weighted by molar-refractivity contribution is -0.139. The molecule has 0 spiro atoms. The summed E-state index contributed by atoms with van der Waals surface area (Å²) < 4.78 is 4.15. The van der Waals surface area contributed by atoms with Crippen LogP contribution in [0.5, 0.6) is 0 Å². The van der Waals surface area contributed by atoms with E-state index in [1.165, 1.54) is 0 Å². The second-order valence-corrected chi connectivity index (χ2v) is 3.06. The summed E-state index contributed by atoms with van der Waals surface area (Å²) in [6, 6.07) is 9.03. The summed E-state index contributed by atoms with van der Waals surface area (Å²) in [6.45, 7) is 0. The van der Waals surface area contributed by atoms with Crippen molar-refractivity contribution in [1.29, 1.82) is 5.41 Å². The van der Waals surface area contributed by atoms with Crippen molar-refractivity contribution in [2.45, 2.75) is 6.42 Å². The summed E-state index contributed by atoms with van der Waals surface area (Å²) in [5.74, 6) is -2.59. The largest absolute Gasteiger partial charge is 0.558 e. The summed E-state index contributed by atoms with van der Waals surface area (Å²) in [4.78, 5) is 10.8. The maximum absolute atomic E-state index is 10.8. The van der Waals surface area contributed by atoms with Gasteiger partial charge in [0.05, 0.1) is 0 Å². The van der Waals surface area contributed by atoms with Gasteiger partial charge < -0.3 is 9.76 Å². The minimum atomic E-state index is -1.12. The van der Waals surface area contributed by atoms with Gasteiger partial charge in [0.2, 0.25) is 0 Å². The Bertz CT molecular complexity index is 353. The maximum atomic E-state index is 10.8. The summed E-state index contributed by atoms with van der Waals surface area (Å²) in [5.41, 5.74) is 0.826. The van der Waals surface area contributed by atoms with Crippen LogP contribution in [0.4, 0.5) is 0 Å². The fraction of sp³-hybridized carbons (Fsp3) is 0.200. The Balaban J connectivity index is 2.76. The first kappa shape index (κ1) is 11.3. The van der Waals surface area contributed by atoms with E-state index in [4.69, 9.17) is 18.6 Å². The molecule has 0 saturated heterocycles. The van der Waals surface area contributed by atoms with E-state index in [0.29, 0.717) is 0 Å². The Labute approximate surface area is 88.8 Å². The van der Waals surface area contributed by atoms with Gasteiger partial charge in [0.25, 0.3) is 0 Å². The highest BCUT2D eigenvalue weighted by molar-refractivity contribution is 6.09. The van der Waals surface area contributed by atoms with E-state index >= 15 is 0 Å². The van der Waals surface area contributed by atoms with Gasteiger partial charge in [-0.25, -0.2) is 0 Å². The fourth-order valence-electron chi connectivity index (χ4n) is 1.22. The van der Waals surface area contributed by atoms with Gasteiger partial charge in [-0.15, -0.1) is 0 Å². The van der Waals surface area contributed by atoms with Gasteiger partial charge in [-0.1, -0.05) is 30.3 Å². The lowest BCUT2D eigenvalue weighted by atomic mass is 9.99. The number of carbonyl (C=O) groups is 1. The lowest BCUT2D eigenvalue weighted by Gasteiger charge is -2.12. The molecule has 1 aromatic carbocycles. The molecule has 2 radical (unpaired) electrons. The lowest BCUT2D eigenvalue weighted by Crippen LogP contribution is -2.26. The molecule has 0 saturated carbocycles. The molecule has 0 amide bonds. The molecule has 0 aliphatic rings. The van der Waals surface area contributed by atoms with Crippen LogP contribution in [0.2, 0.25) is 0 Å². The SMILES string of the molecule is [B]OC(=N)C(Cc1ccccc1)C(=O)O. The normalized spacial score (nSPS) is 11.7. The van der Waals surface area contributed by atoms with E-state index in [-0.39, 0.29) is 6.42 Å². The molecular weight excluding hydrogens is 193 g/mol. The highest BCUT2D eigenvalue weighted by Gasteiger charge is 2.23. The first-order chi connectivity index (χ1) is 7.15. The van der Waals surface area contributed by atoms with Crippen molar-refractivity contribution in [3.05, 3.63) is 35.9 Å². The van der Waals surface area contributed by atoms with Crippen molar-refractivity contribution in [1.82, 2.24) is 0 Å². The van der Waals surface area contributed by atoms with Gasteiger partial charge in [-0.2, -0.15) is 0 Å². The van der Waals surface area contributed by atoms with Crippen molar-refractivity contribution in [3.8, 4) is 0 Å². The summed E-state index contributed by atoms with van der Waals surface area (Å²) in [5, 5.41) is 16.1. The molecule has 0 aliphatic carbocycles. The van der Waals surface area contributed by atoms with Crippen LogP contribution in [-0.2, 0) is 15.9 Å². The van der Waals surface area contributed by atoms with Crippen LogP contribution in [0, 0.1) is 11.3 Å². The van der Waals surface area contributed by atoms with Gasteiger partial charge in [-0.3, -0.25) is 10.2 Å². The number of hydrogen-bond acceptors (Lipinski definition) is 3. The van der Waals surface area contributed by atoms with Crippen molar-refractivity contribution in [2.24, 2.45) is 5.92 Å². The molecule has 1 atom stereocenters. The second-order valence-electron chi connectivity index (χ2n) is 3.06. The van der Waals surface area contributed by atoms with Crippen LogP contribution in [-0.4, -0.2) is 25.0 Å². The third kappa shape index (κ3) is 3.12. The van der Waals surface area contributed by atoms with Crippen molar-refractivity contribution in [2.75, 3.05) is 0 Å². The molecule has 0 heterocycles. The quantitative estimate of drug-likeness (QED) is 0.435. The summed E-state index contributed by atoms with van der Waals surface area (Å²) in [7, 11) is 4.78. The van der Waals surface area contributed by atoms with Crippen LogP contribution in [0.15, 0.2) is 30.3 Å². The highest BCUT2D eigenvalue weighted by atomic mass is 16.4. The van der Waals surface area contributed by atoms with E-state index in [2.05, 4.69) is 4.65 Å². The molecule has 5 heteroatoms. The monoisotopic (exact) mass is 203 g/mol. The van der Waals surface area contributed by atoms with E-state index in [9.17, 15) is 4.79 Å². The molecule has 1 aromatic rings. The van der Waals surface area contributed by atoms with Gasteiger partial charge in [0.15, 0.2) is 5.90 Å². The Hall–Kier alpha value is -1.78. The fourth-order valence-corrected chi connectivity index (χ4v) is 1.22. The van der Waals surface area contributed by atoms with Crippen molar-refractivity contribution < 1.29 is 14.6 Å². The highest BCUT2D eigenvalue weighted by Crippen LogP contribution is 2.10. The molecule has 0 aromatic heterocycles. The smallest absolute Gasteiger partial charge is 0.375 e. The number of hydrogen-bond donors (Lipinski definition) is 2. The van der Waals surface area contributed by atoms with Crippen LogP contribution in [0.25, 0.3) is 0 Å². The Morgan fingerprint density at radius 1 is 1.47 bits per heavy atom. The average molecular weight is 203 g/mol. The zero-order valence-corrected chi connectivity index (χ0v) is 8.01. The van der Waals surface area contributed by atoms with Gasteiger partial charge >= 0.3 is 14.0 Å². The third-order valence-corrected chi connectivity index (χ3v) is 2.02. The molecule has 1 rings (SSSR count). The van der Waals surface area contributed by atoms with Crippen molar-refractivity contribution >= 4 is 19.9 Å². The molecule has 76 valence electrons. The molecular formula is C10H10BNO3. The second kappa shape index (κ2) is 5.19. The standard InChI is InChI=1S/C10H10BNO3/c11-15-9(12)8(10(13)14)6-7-4-2-1-3-5-7/h1-5,8,12H,6H2,(H,13,14). The predicted molar refractivity (Wildman–Crippen MR) is 55.8 cm³/mol. The first-order valence-electron chi connectivity index (χ1n) is 4.37.